The summed E-state index contributed by atoms with van der Waals surface area (Å²) in [5.41, 5.74) is 1.21. The van der Waals surface area contributed by atoms with Crippen molar-refractivity contribution in [3.8, 4) is 0 Å². The lowest BCUT2D eigenvalue weighted by atomic mass is 9.95. The van der Waals surface area contributed by atoms with Crippen LogP contribution in [0.4, 0.5) is 0 Å². The minimum atomic E-state index is 0.606. The van der Waals surface area contributed by atoms with Crippen LogP contribution in [0.1, 0.15) is 19.0 Å². The Bertz CT molecular complexity index is 318. The van der Waals surface area contributed by atoms with E-state index in [4.69, 9.17) is 0 Å². The van der Waals surface area contributed by atoms with E-state index in [2.05, 4.69) is 35.2 Å². The van der Waals surface area contributed by atoms with Crippen LogP contribution in [0, 0.1) is 5.92 Å². The number of hydrogen-bond acceptors (Lipinski definition) is 3. The van der Waals surface area contributed by atoms with Gasteiger partial charge in [-0.2, -0.15) is 16.9 Å². The molecule has 1 aromatic heterocycles. The highest BCUT2D eigenvalue weighted by molar-refractivity contribution is 7.99. The van der Waals surface area contributed by atoms with Crippen LogP contribution in [0.2, 0.25) is 0 Å². The first-order valence-electron chi connectivity index (χ1n) is 6.09. The standard InChI is InChI=1S/C12H21N3S/c1-3-13-12(10-5-7-16-9-10)8-11-4-6-15(2)14-11/h4,6,10,12-13H,3,5,7-9H2,1-2H3. The maximum absolute atomic E-state index is 4.47. The summed E-state index contributed by atoms with van der Waals surface area (Å²) < 4.78 is 1.89. The lowest BCUT2D eigenvalue weighted by Crippen LogP contribution is -2.38. The predicted molar refractivity (Wildman–Crippen MR) is 69.8 cm³/mol. The van der Waals surface area contributed by atoms with E-state index >= 15 is 0 Å². The van der Waals surface area contributed by atoms with Crippen LogP contribution < -0.4 is 5.32 Å². The van der Waals surface area contributed by atoms with Crippen molar-refractivity contribution in [3.63, 3.8) is 0 Å². The summed E-state index contributed by atoms with van der Waals surface area (Å²) in [6, 6.07) is 2.74. The van der Waals surface area contributed by atoms with Gasteiger partial charge in [-0.05, 0) is 36.5 Å². The zero-order valence-electron chi connectivity index (χ0n) is 10.1. The molecule has 2 heterocycles. The first-order valence-corrected chi connectivity index (χ1v) is 7.24. The Morgan fingerprint density at radius 2 is 2.56 bits per heavy atom. The molecular weight excluding hydrogens is 218 g/mol. The Morgan fingerprint density at radius 1 is 1.69 bits per heavy atom. The maximum atomic E-state index is 4.47. The quantitative estimate of drug-likeness (QED) is 0.848. The predicted octanol–water partition coefficient (Wildman–Crippen LogP) is 1.69. The van der Waals surface area contributed by atoms with E-state index in [1.54, 1.807) is 0 Å². The summed E-state index contributed by atoms with van der Waals surface area (Å²) in [7, 11) is 1.98. The van der Waals surface area contributed by atoms with E-state index in [0.717, 1.165) is 18.9 Å². The molecule has 0 bridgehead atoms. The molecule has 0 radical (unpaired) electrons. The number of aromatic nitrogens is 2. The van der Waals surface area contributed by atoms with E-state index < -0.39 is 0 Å². The average molecular weight is 239 g/mol. The molecule has 1 aromatic rings. The maximum Gasteiger partial charge on any atom is 0.0640 e. The van der Waals surface area contributed by atoms with Gasteiger partial charge in [-0.3, -0.25) is 4.68 Å². The fourth-order valence-electron chi connectivity index (χ4n) is 2.34. The molecule has 0 saturated carbocycles. The second-order valence-corrected chi connectivity index (χ2v) is 5.62. The van der Waals surface area contributed by atoms with Crippen molar-refractivity contribution in [2.75, 3.05) is 18.1 Å². The minimum Gasteiger partial charge on any atom is -0.314 e. The van der Waals surface area contributed by atoms with Crippen LogP contribution >= 0.6 is 11.8 Å². The van der Waals surface area contributed by atoms with Gasteiger partial charge < -0.3 is 5.32 Å². The van der Waals surface area contributed by atoms with Gasteiger partial charge >= 0.3 is 0 Å². The highest BCUT2D eigenvalue weighted by Gasteiger charge is 2.25. The van der Waals surface area contributed by atoms with Gasteiger partial charge in [0.2, 0.25) is 0 Å². The normalized spacial score (nSPS) is 22.5. The monoisotopic (exact) mass is 239 g/mol. The van der Waals surface area contributed by atoms with Crippen molar-refractivity contribution in [1.82, 2.24) is 15.1 Å². The Hall–Kier alpha value is -0.480. The van der Waals surface area contributed by atoms with Crippen molar-refractivity contribution in [1.29, 1.82) is 0 Å². The zero-order chi connectivity index (χ0) is 11.4. The van der Waals surface area contributed by atoms with Gasteiger partial charge in [0.05, 0.1) is 5.69 Å². The molecule has 1 N–H and O–H groups in total. The number of likely N-dealkylation sites (N-methyl/N-ethyl adjacent to an activating group) is 1. The van der Waals surface area contributed by atoms with Crippen molar-refractivity contribution < 1.29 is 0 Å². The molecule has 2 atom stereocenters. The van der Waals surface area contributed by atoms with E-state index in [0.29, 0.717) is 6.04 Å². The lowest BCUT2D eigenvalue weighted by molar-refractivity contribution is 0.383. The summed E-state index contributed by atoms with van der Waals surface area (Å²) in [5, 5.41) is 8.09. The summed E-state index contributed by atoms with van der Waals surface area (Å²) in [6.07, 6.45) is 4.46. The fraction of sp³-hybridized carbons (Fsp3) is 0.750. The number of aryl methyl sites for hydroxylation is 1. The number of rotatable bonds is 5. The van der Waals surface area contributed by atoms with Gasteiger partial charge in [0.25, 0.3) is 0 Å². The molecular formula is C12H21N3S. The highest BCUT2D eigenvalue weighted by Crippen LogP contribution is 2.27. The smallest absolute Gasteiger partial charge is 0.0640 e. The van der Waals surface area contributed by atoms with Crippen LogP contribution in [0.3, 0.4) is 0 Å². The van der Waals surface area contributed by atoms with Crippen LogP contribution in [-0.4, -0.2) is 33.9 Å². The van der Waals surface area contributed by atoms with Gasteiger partial charge in [-0.15, -0.1) is 0 Å². The van der Waals surface area contributed by atoms with E-state index in [1.165, 1.54) is 23.6 Å². The van der Waals surface area contributed by atoms with E-state index in [-0.39, 0.29) is 0 Å². The molecule has 16 heavy (non-hydrogen) atoms. The van der Waals surface area contributed by atoms with Gasteiger partial charge in [0, 0.05) is 25.7 Å². The Morgan fingerprint density at radius 3 is 3.12 bits per heavy atom. The van der Waals surface area contributed by atoms with Crippen molar-refractivity contribution in [2.24, 2.45) is 13.0 Å². The Kier molecular flexibility index (Phi) is 4.29. The molecule has 0 aromatic carbocycles. The summed E-state index contributed by atoms with van der Waals surface area (Å²) in [6.45, 7) is 3.24. The molecule has 2 unspecified atom stereocenters. The van der Waals surface area contributed by atoms with Gasteiger partial charge in [-0.1, -0.05) is 6.92 Å². The zero-order valence-corrected chi connectivity index (χ0v) is 11.0. The molecule has 0 amide bonds. The molecule has 1 aliphatic rings. The highest BCUT2D eigenvalue weighted by atomic mass is 32.2. The lowest BCUT2D eigenvalue weighted by Gasteiger charge is -2.22. The van der Waals surface area contributed by atoms with Gasteiger partial charge in [-0.25, -0.2) is 0 Å². The van der Waals surface area contributed by atoms with Crippen molar-refractivity contribution in [2.45, 2.75) is 25.8 Å². The van der Waals surface area contributed by atoms with Crippen LogP contribution in [0.5, 0.6) is 0 Å². The Balaban J connectivity index is 1.96. The van der Waals surface area contributed by atoms with Crippen molar-refractivity contribution >= 4 is 11.8 Å². The van der Waals surface area contributed by atoms with Gasteiger partial charge in [0.15, 0.2) is 0 Å². The molecule has 1 fully saturated rings. The first kappa shape index (κ1) is 12.0. The largest absolute Gasteiger partial charge is 0.314 e. The SMILES string of the molecule is CCNC(Cc1ccn(C)n1)C1CCSC1. The fourth-order valence-corrected chi connectivity index (χ4v) is 3.67. The number of nitrogens with one attached hydrogen (secondary N) is 1. The minimum absolute atomic E-state index is 0.606. The van der Waals surface area contributed by atoms with Crippen molar-refractivity contribution in [3.05, 3.63) is 18.0 Å². The number of nitrogens with zero attached hydrogens (tertiary/aromatic N) is 2. The van der Waals surface area contributed by atoms with Crippen LogP contribution in [-0.2, 0) is 13.5 Å². The topological polar surface area (TPSA) is 29.9 Å². The third-order valence-electron chi connectivity index (χ3n) is 3.20. The van der Waals surface area contributed by atoms with Crippen LogP contribution in [0.25, 0.3) is 0 Å². The third-order valence-corrected chi connectivity index (χ3v) is 4.39. The summed E-state index contributed by atoms with van der Waals surface area (Å²) in [4.78, 5) is 0. The second kappa shape index (κ2) is 5.73. The average Bonchev–Trinajstić information content (AvgIpc) is 2.88. The molecule has 4 heteroatoms. The van der Waals surface area contributed by atoms with E-state index in [1.807, 2.05) is 17.9 Å². The first-order chi connectivity index (χ1) is 7.79. The molecule has 0 aliphatic carbocycles. The van der Waals surface area contributed by atoms with Crippen LogP contribution in [0.15, 0.2) is 12.3 Å². The second-order valence-electron chi connectivity index (χ2n) is 4.47. The molecule has 3 nitrogen and oxygen atoms in total. The molecule has 0 spiro atoms. The van der Waals surface area contributed by atoms with E-state index in [9.17, 15) is 0 Å². The number of thioether (sulfide) groups is 1. The molecule has 90 valence electrons. The summed E-state index contributed by atoms with van der Waals surface area (Å²) in [5.74, 6) is 3.46. The molecule has 2 rings (SSSR count). The third kappa shape index (κ3) is 3.01. The van der Waals surface area contributed by atoms with Gasteiger partial charge in [0.1, 0.15) is 0 Å². The molecule has 1 saturated heterocycles. The summed E-state index contributed by atoms with van der Waals surface area (Å²) >= 11 is 2.09. The molecule has 1 aliphatic heterocycles. The Labute approximate surface area is 102 Å². The number of hydrogen-bond donors (Lipinski definition) is 1.